The third kappa shape index (κ3) is 2.07. The van der Waals surface area contributed by atoms with Crippen LogP contribution in [0.2, 0.25) is 0 Å². The standard InChI is InChI=1S/C11H16O2/c1-8(2)10-5-4-9(7-13-3)11(10)6-12/h6,10H,1,4-5,7H2,2-3H3. The van der Waals surface area contributed by atoms with Crippen molar-refractivity contribution in [3.8, 4) is 0 Å². The van der Waals surface area contributed by atoms with Crippen LogP contribution in [0.5, 0.6) is 0 Å². The molecule has 1 aliphatic rings. The minimum atomic E-state index is 0.266. The van der Waals surface area contributed by atoms with Crippen LogP contribution in [0.15, 0.2) is 23.3 Å². The van der Waals surface area contributed by atoms with Gasteiger partial charge < -0.3 is 4.74 Å². The van der Waals surface area contributed by atoms with Crippen LogP contribution >= 0.6 is 0 Å². The maximum atomic E-state index is 10.9. The van der Waals surface area contributed by atoms with E-state index < -0.39 is 0 Å². The number of aldehydes is 1. The van der Waals surface area contributed by atoms with Gasteiger partial charge >= 0.3 is 0 Å². The van der Waals surface area contributed by atoms with Gasteiger partial charge in [-0.25, -0.2) is 0 Å². The van der Waals surface area contributed by atoms with Crippen molar-refractivity contribution in [1.29, 1.82) is 0 Å². The van der Waals surface area contributed by atoms with Gasteiger partial charge in [-0.1, -0.05) is 12.2 Å². The normalized spacial score (nSPS) is 22.2. The second kappa shape index (κ2) is 4.38. The number of ether oxygens (including phenoxy) is 1. The largest absolute Gasteiger partial charge is 0.380 e. The fourth-order valence-corrected chi connectivity index (χ4v) is 1.87. The molecular weight excluding hydrogens is 164 g/mol. The average Bonchev–Trinajstić information content (AvgIpc) is 2.48. The summed E-state index contributed by atoms with van der Waals surface area (Å²) in [6, 6.07) is 0. The Morgan fingerprint density at radius 2 is 2.46 bits per heavy atom. The number of rotatable bonds is 4. The third-order valence-corrected chi connectivity index (χ3v) is 2.56. The highest BCUT2D eigenvalue weighted by atomic mass is 16.5. The monoisotopic (exact) mass is 180 g/mol. The van der Waals surface area contributed by atoms with E-state index in [-0.39, 0.29) is 5.92 Å². The molecule has 0 saturated carbocycles. The Kier molecular flexibility index (Phi) is 3.43. The van der Waals surface area contributed by atoms with Gasteiger partial charge in [0.1, 0.15) is 6.29 Å². The number of allylic oxidation sites excluding steroid dienone is 2. The van der Waals surface area contributed by atoms with E-state index in [9.17, 15) is 4.79 Å². The van der Waals surface area contributed by atoms with Crippen LogP contribution in [0.25, 0.3) is 0 Å². The first kappa shape index (κ1) is 10.2. The smallest absolute Gasteiger partial charge is 0.146 e. The lowest BCUT2D eigenvalue weighted by Crippen LogP contribution is -2.03. The fourth-order valence-electron chi connectivity index (χ4n) is 1.87. The van der Waals surface area contributed by atoms with Crippen LogP contribution < -0.4 is 0 Å². The highest BCUT2D eigenvalue weighted by Gasteiger charge is 2.25. The van der Waals surface area contributed by atoms with E-state index in [4.69, 9.17) is 4.74 Å². The Labute approximate surface area is 79.3 Å². The van der Waals surface area contributed by atoms with Gasteiger partial charge in [0.25, 0.3) is 0 Å². The zero-order chi connectivity index (χ0) is 9.84. The van der Waals surface area contributed by atoms with Crippen LogP contribution in [0, 0.1) is 5.92 Å². The first-order chi connectivity index (χ1) is 6.20. The molecule has 0 fully saturated rings. The lowest BCUT2D eigenvalue weighted by Gasteiger charge is -2.09. The second-order valence-electron chi connectivity index (χ2n) is 3.55. The van der Waals surface area contributed by atoms with E-state index in [0.29, 0.717) is 6.61 Å². The quantitative estimate of drug-likeness (QED) is 0.489. The summed E-state index contributed by atoms with van der Waals surface area (Å²) >= 11 is 0. The summed E-state index contributed by atoms with van der Waals surface area (Å²) in [5.74, 6) is 0.266. The number of methoxy groups -OCH3 is 1. The van der Waals surface area contributed by atoms with E-state index in [1.165, 1.54) is 0 Å². The molecule has 0 radical (unpaired) electrons. The molecule has 1 unspecified atom stereocenters. The fraction of sp³-hybridized carbons (Fsp3) is 0.545. The van der Waals surface area contributed by atoms with Crippen molar-refractivity contribution in [2.45, 2.75) is 19.8 Å². The van der Waals surface area contributed by atoms with Gasteiger partial charge in [-0.2, -0.15) is 0 Å². The van der Waals surface area contributed by atoms with Gasteiger partial charge in [0, 0.05) is 18.6 Å². The van der Waals surface area contributed by atoms with Crippen molar-refractivity contribution in [3.05, 3.63) is 23.3 Å². The van der Waals surface area contributed by atoms with Crippen LogP contribution in [0.3, 0.4) is 0 Å². The van der Waals surface area contributed by atoms with Crippen LogP contribution in [0.4, 0.5) is 0 Å². The first-order valence-electron chi connectivity index (χ1n) is 4.52. The van der Waals surface area contributed by atoms with Crippen molar-refractivity contribution in [1.82, 2.24) is 0 Å². The molecule has 0 amide bonds. The summed E-state index contributed by atoms with van der Waals surface area (Å²) in [5.41, 5.74) is 3.12. The maximum Gasteiger partial charge on any atom is 0.146 e. The highest BCUT2D eigenvalue weighted by Crippen LogP contribution is 2.34. The molecule has 1 aliphatic carbocycles. The van der Waals surface area contributed by atoms with Crippen molar-refractivity contribution < 1.29 is 9.53 Å². The zero-order valence-electron chi connectivity index (χ0n) is 8.30. The molecule has 0 spiro atoms. The molecule has 0 aromatic carbocycles. The molecule has 0 bridgehead atoms. The van der Waals surface area contributed by atoms with E-state index in [1.807, 2.05) is 6.92 Å². The van der Waals surface area contributed by atoms with Crippen molar-refractivity contribution in [3.63, 3.8) is 0 Å². The third-order valence-electron chi connectivity index (χ3n) is 2.56. The van der Waals surface area contributed by atoms with Crippen LogP contribution in [0.1, 0.15) is 19.8 Å². The van der Waals surface area contributed by atoms with Gasteiger partial charge in [-0.05, 0) is 25.3 Å². The SMILES string of the molecule is C=C(C)C1CCC(COC)=C1C=O. The molecule has 0 aromatic rings. The Balaban J connectivity index is 2.84. The lowest BCUT2D eigenvalue weighted by molar-refractivity contribution is -0.105. The minimum absolute atomic E-state index is 0.266. The number of carbonyl (C=O) groups is 1. The predicted molar refractivity (Wildman–Crippen MR) is 52.5 cm³/mol. The van der Waals surface area contributed by atoms with Crippen molar-refractivity contribution in [2.24, 2.45) is 5.92 Å². The summed E-state index contributed by atoms with van der Waals surface area (Å²) in [4.78, 5) is 10.9. The Hall–Kier alpha value is -0.890. The molecule has 72 valence electrons. The Bertz CT molecular complexity index is 251. The van der Waals surface area contributed by atoms with Crippen LogP contribution in [-0.2, 0) is 9.53 Å². The van der Waals surface area contributed by atoms with Crippen LogP contribution in [-0.4, -0.2) is 20.0 Å². The Morgan fingerprint density at radius 1 is 1.77 bits per heavy atom. The molecule has 13 heavy (non-hydrogen) atoms. The zero-order valence-corrected chi connectivity index (χ0v) is 8.30. The summed E-state index contributed by atoms with van der Waals surface area (Å²) in [7, 11) is 1.66. The molecule has 1 atom stereocenters. The van der Waals surface area contributed by atoms with E-state index in [0.717, 1.165) is 35.8 Å². The molecule has 2 nitrogen and oxygen atoms in total. The molecule has 1 rings (SSSR count). The van der Waals surface area contributed by atoms with Gasteiger partial charge in [0.05, 0.1) is 6.61 Å². The van der Waals surface area contributed by atoms with Gasteiger partial charge in [0.15, 0.2) is 0 Å². The predicted octanol–water partition coefficient (Wildman–Crippen LogP) is 2.11. The van der Waals surface area contributed by atoms with E-state index >= 15 is 0 Å². The first-order valence-corrected chi connectivity index (χ1v) is 4.52. The topological polar surface area (TPSA) is 26.3 Å². The summed E-state index contributed by atoms with van der Waals surface area (Å²) in [5, 5.41) is 0. The molecule has 0 heterocycles. The summed E-state index contributed by atoms with van der Waals surface area (Å²) in [6.07, 6.45) is 2.95. The highest BCUT2D eigenvalue weighted by molar-refractivity contribution is 5.77. The second-order valence-corrected chi connectivity index (χ2v) is 3.55. The summed E-state index contributed by atoms with van der Waals surface area (Å²) in [6.45, 7) is 6.45. The van der Waals surface area contributed by atoms with Gasteiger partial charge in [-0.3, -0.25) is 4.79 Å². The minimum Gasteiger partial charge on any atom is -0.380 e. The van der Waals surface area contributed by atoms with Gasteiger partial charge in [-0.15, -0.1) is 0 Å². The van der Waals surface area contributed by atoms with E-state index in [1.54, 1.807) is 7.11 Å². The average molecular weight is 180 g/mol. The van der Waals surface area contributed by atoms with Crippen molar-refractivity contribution in [2.75, 3.05) is 13.7 Å². The summed E-state index contributed by atoms with van der Waals surface area (Å²) < 4.78 is 5.04. The Morgan fingerprint density at radius 3 is 2.92 bits per heavy atom. The number of carbonyl (C=O) groups excluding carboxylic acids is 1. The molecule has 0 saturated heterocycles. The number of hydrogen-bond acceptors (Lipinski definition) is 2. The van der Waals surface area contributed by atoms with Crippen molar-refractivity contribution >= 4 is 6.29 Å². The molecular formula is C11H16O2. The lowest BCUT2D eigenvalue weighted by atomic mass is 9.95. The molecule has 0 aliphatic heterocycles. The molecule has 0 aromatic heterocycles. The molecule has 0 N–H and O–H groups in total. The van der Waals surface area contributed by atoms with Gasteiger partial charge in [0.2, 0.25) is 0 Å². The molecule has 2 heteroatoms. The number of hydrogen-bond donors (Lipinski definition) is 0. The van der Waals surface area contributed by atoms with E-state index in [2.05, 4.69) is 6.58 Å². The maximum absolute atomic E-state index is 10.9.